The first-order valence-corrected chi connectivity index (χ1v) is 10.3. The van der Waals surface area contributed by atoms with Crippen LogP contribution < -0.4 is 10.6 Å². The number of guanidine groups is 1. The lowest BCUT2D eigenvalue weighted by Gasteiger charge is -2.21. The van der Waals surface area contributed by atoms with Gasteiger partial charge in [0.1, 0.15) is 12.0 Å². The molecule has 2 heterocycles. The maximum Gasteiger partial charge on any atom is 0.226 e. The smallest absolute Gasteiger partial charge is 0.226 e. The number of nitrogens with zero attached hydrogens (tertiary/aromatic N) is 3. The summed E-state index contributed by atoms with van der Waals surface area (Å²) >= 11 is 0. The Morgan fingerprint density at radius 1 is 1.29 bits per heavy atom. The van der Waals surface area contributed by atoms with Gasteiger partial charge in [0.15, 0.2) is 5.96 Å². The summed E-state index contributed by atoms with van der Waals surface area (Å²) < 4.78 is 5.65. The highest BCUT2D eigenvalue weighted by Gasteiger charge is 2.31. The molecule has 0 spiro atoms. The number of oxazole rings is 1. The predicted octanol–water partition coefficient (Wildman–Crippen LogP) is 3.43. The van der Waals surface area contributed by atoms with Crippen LogP contribution in [0.1, 0.15) is 39.0 Å². The summed E-state index contributed by atoms with van der Waals surface area (Å²) in [5, 5.41) is 6.96. The Morgan fingerprint density at radius 2 is 2.04 bits per heavy atom. The first kappa shape index (κ1) is 20.4. The number of hydrogen-bond donors (Lipinski definition) is 2. The fraction of sp³-hybridized carbons (Fsp3) is 0.545. The molecule has 6 heteroatoms. The van der Waals surface area contributed by atoms with Gasteiger partial charge in [-0.05, 0) is 45.7 Å². The molecule has 1 aliphatic heterocycles. The van der Waals surface area contributed by atoms with Crippen LogP contribution in [0, 0.1) is 12.8 Å². The van der Waals surface area contributed by atoms with Crippen molar-refractivity contribution in [1.29, 1.82) is 0 Å². The second-order valence-corrected chi connectivity index (χ2v) is 7.98. The minimum atomic E-state index is 0.403. The first-order valence-electron chi connectivity index (χ1n) is 10.3. The van der Waals surface area contributed by atoms with Crippen LogP contribution in [0.5, 0.6) is 0 Å². The molecule has 3 rings (SSSR count). The number of benzene rings is 1. The third-order valence-corrected chi connectivity index (χ3v) is 5.29. The Morgan fingerprint density at radius 3 is 2.68 bits per heavy atom. The van der Waals surface area contributed by atoms with E-state index in [-0.39, 0.29) is 0 Å². The molecular formula is C22H33N5O. The lowest BCUT2D eigenvalue weighted by Crippen LogP contribution is -2.46. The molecule has 1 aromatic carbocycles. The normalized spacial score (nSPS) is 20.7. The maximum atomic E-state index is 5.65. The van der Waals surface area contributed by atoms with E-state index in [9.17, 15) is 0 Å². The summed E-state index contributed by atoms with van der Waals surface area (Å²) in [4.78, 5) is 11.8. The van der Waals surface area contributed by atoms with Crippen molar-refractivity contribution in [2.75, 3.05) is 19.6 Å². The molecule has 2 atom stereocenters. The molecular weight excluding hydrogens is 350 g/mol. The SMILES string of the molecule is CCNC(=NCc1coc(-c2ccc(C)cc2)n1)NC1CN(C(C)C)CC1C. The van der Waals surface area contributed by atoms with Gasteiger partial charge in [0.25, 0.3) is 0 Å². The molecule has 0 bridgehead atoms. The van der Waals surface area contributed by atoms with E-state index in [0.29, 0.717) is 30.4 Å². The summed E-state index contributed by atoms with van der Waals surface area (Å²) in [7, 11) is 0. The van der Waals surface area contributed by atoms with Gasteiger partial charge in [0, 0.05) is 37.3 Å². The van der Waals surface area contributed by atoms with Gasteiger partial charge in [-0.3, -0.25) is 4.90 Å². The topological polar surface area (TPSA) is 65.7 Å². The van der Waals surface area contributed by atoms with Crippen molar-refractivity contribution < 1.29 is 4.42 Å². The molecule has 0 saturated carbocycles. The van der Waals surface area contributed by atoms with Gasteiger partial charge >= 0.3 is 0 Å². The molecule has 1 saturated heterocycles. The van der Waals surface area contributed by atoms with Crippen molar-refractivity contribution in [2.45, 2.75) is 53.2 Å². The molecule has 2 unspecified atom stereocenters. The summed E-state index contributed by atoms with van der Waals surface area (Å²) in [6.45, 7) is 14.4. The van der Waals surface area contributed by atoms with Crippen molar-refractivity contribution in [3.63, 3.8) is 0 Å². The minimum absolute atomic E-state index is 0.403. The minimum Gasteiger partial charge on any atom is -0.444 e. The highest BCUT2D eigenvalue weighted by Crippen LogP contribution is 2.20. The third kappa shape index (κ3) is 5.13. The first-order chi connectivity index (χ1) is 13.5. The maximum absolute atomic E-state index is 5.65. The van der Waals surface area contributed by atoms with Gasteiger partial charge in [-0.2, -0.15) is 0 Å². The van der Waals surface area contributed by atoms with E-state index in [0.717, 1.165) is 36.9 Å². The van der Waals surface area contributed by atoms with Crippen LogP contribution in [0.25, 0.3) is 11.5 Å². The molecule has 1 aliphatic rings. The van der Waals surface area contributed by atoms with Crippen molar-refractivity contribution >= 4 is 5.96 Å². The van der Waals surface area contributed by atoms with E-state index >= 15 is 0 Å². The van der Waals surface area contributed by atoms with Crippen LogP contribution in [0.3, 0.4) is 0 Å². The van der Waals surface area contributed by atoms with Crippen molar-refractivity contribution in [3.8, 4) is 11.5 Å². The van der Waals surface area contributed by atoms with Gasteiger partial charge in [0.2, 0.25) is 5.89 Å². The van der Waals surface area contributed by atoms with Gasteiger partial charge in [-0.25, -0.2) is 9.98 Å². The van der Waals surface area contributed by atoms with E-state index in [1.807, 2.05) is 12.1 Å². The zero-order valence-corrected chi connectivity index (χ0v) is 17.7. The molecule has 2 aromatic rings. The van der Waals surface area contributed by atoms with Crippen molar-refractivity contribution in [1.82, 2.24) is 20.5 Å². The highest BCUT2D eigenvalue weighted by molar-refractivity contribution is 5.80. The van der Waals surface area contributed by atoms with E-state index in [2.05, 4.69) is 67.3 Å². The molecule has 1 aromatic heterocycles. The Bertz CT molecular complexity index is 780. The lowest BCUT2D eigenvalue weighted by atomic mass is 10.1. The van der Waals surface area contributed by atoms with Crippen LogP contribution in [0.4, 0.5) is 0 Å². The van der Waals surface area contributed by atoms with Crippen LogP contribution >= 0.6 is 0 Å². The molecule has 2 N–H and O–H groups in total. The number of likely N-dealkylation sites (tertiary alicyclic amines) is 1. The van der Waals surface area contributed by atoms with E-state index in [1.54, 1.807) is 6.26 Å². The zero-order chi connectivity index (χ0) is 20.1. The van der Waals surface area contributed by atoms with Crippen molar-refractivity contribution in [2.24, 2.45) is 10.9 Å². The average molecular weight is 384 g/mol. The summed E-state index contributed by atoms with van der Waals surface area (Å²) in [5.41, 5.74) is 3.04. The van der Waals surface area contributed by atoms with Gasteiger partial charge in [-0.15, -0.1) is 0 Å². The summed E-state index contributed by atoms with van der Waals surface area (Å²) in [6.07, 6.45) is 1.70. The van der Waals surface area contributed by atoms with Gasteiger partial charge in [-0.1, -0.05) is 24.6 Å². The fourth-order valence-electron chi connectivity index (χ4n) is 3.48. The third-order valence-electron chi connectivity index (χ3n) is 5.29. The number of aryl methyl sites for hydroxylation is 1. The highest BCUT2D eigenvalue weighted by atomic mass is 16.3. The number of hydrogen-bond acceptors (Lipinski definition) is 4. The Kier molecular flexibility index (Phi) is 6.73. The van der Waals surface area contributed by atoms with Gasteiger partial charge < -0.3 is 15.1 Å². The number of nitrogens with one attached hydrogen (secondary N) is 2. The van der Waals surface area contributed by atoms with Crippen LogP contribution in [-0.4, -0.2) is 47.6 Å². The summed E-state index contributed by atoms with van der Waals surface area (Å²) in [5.74, 6) is 2.07. The van der Waals surface area contributed by atoms with Gasteiger partial charge in [0.05, 0.1) is 6.54 Å². The summed E-state index contributed by atoms with van der Waals surface area (Å²) in [6, 6.07) is 9.16. The quantitative estimate of drug-likeness (QED) is 0.591. The van der Waals surface area contributed by atoms with Crippen LogP contribution in [0.15, 0.2) is 39.9 Å². The zero-order valence-electron chi connectivity index (χ0n) is 17.7. The standard InChI is InChI=1S/C22H33N5O/c1-6-23-22(26-20-13-27(15(2)3)12-17(20)5)24-11-19-14-28-21(25-19)18-9-7-16(4)8-10-18/h7-10,14-15,17,20H,6,11-13H2,1-5H3,(H2,23,24,26). The van der Waals surface area contributed by atoms with E-state index in [1.165, 1.54) is 5.56 Å². The van der Waals surface area contributed by atoms with E-state index in [4.69, 9.17) is 9.41 Å². The Balaban J connectivity index is 1.64. The Hall–Kier alpha value is -2.34. The van der Waals surface area contributed by atoms with Crippen LogP contribution in [-0.2, 0) is 6.54 Å². The molecule has 6 nitrogen and oxygen atoms in total. The lowest BCUT2D eigenvalue weighted by molar-refractivity contribution is 0.265. The fourth-order valence-corrected chi connectivity index (χ4v) is 3.48. The van der Waals surface area contributed by atoms with E-state index < -0.39 is 0 Å². The molecule has 152 valence electrons. The Labute approximate surface area is 168 Å². The molecule has 0 aliphatic carbocycles. The molecule has 0 radical (unpaired) electrons. The number of rotatable bonds is 6. The second kappa shape index (κ2) is 9.24. The molecule has 1 fully saturated rings. The van der Waals surface area contributed by atoms with Crippen molar-refractivity contribution in [3.05, 3.63) is 41.8 Å². The number of aromatic nitrogens is 1. The van der Waals surface area contributed by atoms with Crippen LogP contribution in [0.2, 0.25) is 0 Å². The molecule has 0 amide bonds. The molecule has 28 heavy (non-hydrogen) atoms. The number of aliphatic imine (C=N–C) groups is 1. The second-order valence-electron chi connectivity index (χ2n) is 7.98. The monoisotopic (exact) mass is 383 g/mol. The average Bonchev–Trinajstić information content (AvgIpc) is 3.28. The largest absolute Gasteiger partial charge is 0.444 e. The predicted molar refractivity (Wildman–Crippen MR) is 114 cm³/mol.